The zero-order valence-electron chi connectivity index (χ0n) is 10.5. The number of unbranched alkanes of at least 4 members (excludes halogenated alkanes) is 1. The highest BCUT2D eigenvalue weighted by atomic mass is 35.5. The SMILES string of the molecule is CC(Cc1cccs1)N(C)C(=O)CCCCCl. The second-order valence-corrected chi connectivity index (χ2v) is 5.69. The minimum atomic E-state index is 0.221. The van der Waals surface area contributed by atoms with E-state index in [1.165, 1.54) is 4.88 Å². The smallest absolute Gasteiger partial charge is 0.222 e. The molecule has 96 valence electrons. The highest BCUT2D eigenvalue weighted by Gasteiger charge is 2.15. The van der Waals surface area contributed by atoms with E-state index in [1.807, 2.05) is 11.9 Å². The fourth-order valence-electron chi connectivity index (χ4n) is 1.65. The molecule has 0 aliphatic carbocycles. The third kappa shape index (κ3) is 5.09. The number of halogens is 1. The van der Waals surface area contributed by atoms with Crippen LogP contribution in [0.5, 0.6) is 0 Å². The first-order valence-corrected chi connectivity index (χ1v) is 7.40. The molecule has 0 spiro atoms. The summed E-state index contributed by atoms with van der Waals surface area (Å²) < 4.78 is 0. The van der Waals surface area contributed by atoms with Crippen LogP contribution in [0.2, 0.25) is 0 Å². The van der Waals surface area contributed by atoms with Gasteiger partial charge in [0.25, 0.3) is 0 Å². The molecule has 1 aromatic rings. The van der Waals surface area contributed by atoms with E-state index in [0.717, 1.165) is 19.3 Å². The Bertz CT molecular complexity index is 326. The van der Waals surface area contributed by atoms with Gasteiger partial charge in [-0.3, -0.25) is 4.79 Å². The van der Waals surface area contributed by atoms with Gasteiger partial charge in [-0.25, -0.2) is 0 Å². The minimum absolute atomic E-state index is 0.221. The van der Waals surface area contributed by atoms with E-state index in [0.29, 0.717) is 12.3 Å². The van der Waals surface area contributed by atoms with Crippen LogP contribution in [0, 0.1) is 0 Å². The molecule has 0 saturated heterocycles. The molecule has 2 nitrogen and oxygen atoms in total. The Kier molecular flexibility index (Phi) is 6.60. The van der Waals surface area contributed by atoms with Gasteiger partial charge in [0.15, 0.2) is 0 Å². The van der Waals surface area contributed by atoms with Gasteiger partial charge in [0, 0.05) is 36.7 Å². The summed E-state index contributed by atoms with van der Waals surface area (Å²) in [7, 11) is 1.89. The molecule has 1 rings (SSSR count). The predicted molar refractivity (Wildman–Crippen MR) is 74.8 cm³/mol. The van der Waals surface area contributed by atoms with Gasteiger partial charge in [-0.2, -0.15) is 0 Å². The average molecular weight is 274 g/mol. The van der Waals surface area contributed by atoms with E-state index >= 15 is 0 Å². The number of rotatable bonds is 7. The lowest BCUT2D eigenvalue weighted by Crippen LogP contribution is -2.36. The van der Waals surface area contributed by atoms with Crippen LogP contribution in [0.25, 0.3) is 0 Å². The molecular weight excluding hydrogens is 254 g/mol. The summed E-state index contributed by atoms with van der Waals surface area (Å²) in [6.07, 6.45) is 3.35. The van der Waals surface area contributed by atoms with Gasteiger partial charge in [-0.1, -0.05) is 6.07 Å². The molecule has 1 heterocycles. The van der Waals surface area contributed by atoms with E-state index < -0.39 is 0 Å². The van der Waals surface area contributed by atoms with Crippen LogP contribution in [0.15, 0.2) is 17.5 Å². The lowest BCUT2D eigenvalue weighted by molar-refractivity contribution is -0.131. The zero-order chi connectivity index (χ0) is 12.7. The fraction of sp³-hybridized carbons (Fsp3) is 0.615. The van der Waals surface area contributed by atoms with Crippen molar-refractivity contribution in [1.29, 1.82) is 0 Å². The van der Waals surface area contributed by atoms with Crippen molar-refractivity contribution in [1.82, 2.24) is 4.90 Å². The van der Waals surface area contributed by atoms with Gasteiger partial charge in [0.1, 0.15) is 0 Å². The normalized spacial score (nSPS) is 12.4. The summed E-state index contributed by atoms with van der Waals surface area (Å²) in [5.74, 6) is 0.862. The topological polar surface area (TPSA) is 20.3 Å². The summed E-state index contributed by atoms with van der Waals surface area (Å²) in [4.78, 5) is 15.1. The summed E-state index contributed by atoms with van der Waals surface area (Å²) >= 11 is 7.34. The summed E-state index contributed by atoms with van der Waals surface area (Å²) in [5.41, 5.74) is 0. The Balaban J connectivity index is 2.35. The number of likely N-dealkylation sites (N-methyl/N-ethyl adjacent to an activating group) is 1. The van der Waals surface area contributed by atoms with Gasteiger partial charge in [-0.15, -0.1) is 22.9 Å². The number of hydrogen-bond acceptors (Lipinski definition) is 2. The Labute approximate surface area is 113 Å². The van der Waals surface area contributed by atoms with Crippen LogP contribution >= 0.6 is 22.9 Å². The first-order valence-electron chi connectivity index (χ1n) is 5.99. The standard InChI is InChI=1S/C13H20ClNOS/c1-11(10-12-6-5-9-17-12)15(2)13(16)7-3-4-8-14/h5-6,9,11H,3-4,7-8,10H2,1-2H3. The summed E-state index contributed by atoms with van der Waals surface area (Å²) in [5, 5.41) is 2.07. The predicted octanol–water partition coefficient (Wildman–Crippen LogP) is 3.55. The Hall–Kier alpha value is -0.540. The molecule has 4 heteroatoms. The third-order valence-electron chi connectivity index (χ3n) is 2.91. The van der Waals surface area contributed by atoms with Crippen molar-refractivity contribution >= 4 is 28.8 Å². The van der Waals surface area contributed by atoms with Crippen LogP contribution in [-0.2, 0) is 11.2 Å². The van der Waals surface area contributed by atoms with Crippen molar-refractivity contribution in [3.05, 3.63) is 22.4 Å². The van der Waals surface area contributed by atoms with Gasteiger partial charge >= 0.3 is 0 Å². The number of carbonyl (C=O) groups excluding carboxylic acids is 1. The second kappa shape index (κ2) is 7.72. The molecule has 0 saturated carbocycles. The molecule has 1 aromatic heterocycles. The third-order valence-corrected chi connectivity index (χ3v) is 4.07. The highest BCUT2D eigenvalue weighted by molar-refractivity contribution is 7.09. The van der Waals surface area contributed by atoms with Crippen LogP contribution in [0.4, 0.5) is 0 Å². The molecule has 0 bridgehead atoms. The zero-order valence-corrected chi connectivity index (χ0v) is 12.1. The van der Waals surface area contributed by atoms with Gasteiger partial charge in [-0.05, 0) is 31.2 Å². The fourth-order valence-corrected chi connectivity index (χ4v) is 2.67. The van der Waals surface area contributed by atoms with Crippen molar-refractivity contribution in [2.24, 2.45) is 0 Å². The molecular formula is C13H20ClNOS. The molecule has 1 unspecified atom stereocenters. The number of hydrogen-bond donors (Lipinski definition) is 0. The van der Waals surface area contributed by atoms with E-state index in [1.54, 1.807) is 11.3 Å². The average Bonchev–Trinajstić information content (AvgIpc) is 2.81. The van der Waals surface area contributed by atoms with Crippen molar-refractivity contribution < 1.29 is 4.79 Å². The molecule has 0 radical (unpaired) electrons. The first kappa shape index (κ1) is 14.5. The van der Waals surface area contributed by atoms with Crippen LogP contribution in [-0.4, -0.2) is 29.8 Å². The lowest BCUT2D eigenvalue weighted by Gasteiger charge is -2.24. The van der Waals surface area contributed by atoms with Crippen molar-refractivity contribution in [2.45, 2.75) is 38.6 Å². The Morgan fingerprint density at radius 1 is 1.53 bits per heavy atom. The van der Waals surface area contributed by atoms with Crippen molar-refractivity contribution in [3.63, 3.8) is 0 Å². The molecule has 0 aliphatic rings. The molecule has 1 atom stereocenters. The van der Waals surface area contributed by atoms with E-state index in [4.69, 9.17) is 11.6 Å². The Morgan fingerprint density at radius 3 is 2.88 bits per heavy atom. The second-order valence-electron chi connectivity index (χ2n) is 4.28. The summed E-state index contributed by atoms with van der Waals surface area (Å²) in [6, 6.07) is 4.43. The van der Waals surface area contributed by atoms with E-state index in [-0.39, 0.29) is 11.9 Å². The molecule has 0 fully saturated rings. The first-order chi connectivity index (χ1) is 8.15. The molecule has 0 N–H and O–H groups in total. The molecule has 1 amide bonds. The van der Waals surface area contributed by atoms with Crippen LogP contribution in [0.3, 0.4) is 0 Å². The quantitative estimate of drug-likeness (QED) is 0.550. The minimum Gasteiger partial charge on any atom is -0.343 e. The number of carbonyl (C=O) groups is 1. The maximum absolute atomic E-state index is 11.9. The molecule has 17 heavy (non-hydrogen) atoms. The molecule has 0 aromatic carbocycles. The Morgan fingerprint density at radius 2 is 2.29 bits per heavy atom. The van der Waals surface area contributed by atoms with Gasteiger partial charge in [0.05, 0.1) is 0 Å². The summed E-state index contributed by atoms with van der Waals surface area (Å²) in [6.45, 7) is 2.10. The maximum Gasteiger partial charge on any atom is 0.222 e. The van der Waals surface area contributed by atoms with Gasteiger partial charge < -0.3 is 4.90 Å². The van der Waals surface area contributed by atoms with Gasteiger partial charge in [0.2, 0.25) is 5.91 Å². The lowest BCUT2D eigenvalue weighted by atomic mass is 10.1. The van der Waals surface area contributed by atoms with E-state index in [2.05, 4.69) is 24.4 Å². The van der Waals surface area contributed by atoms with Crippen molar-refractivity contribution in [2.75, 3.05) is 12.9 Å². The van der Waals surface area contributed by atoms with Crippen LogP contribution in [0.1, 0.15) is 31.1 Å². The monoisotopic (exact) mass is 273 g/mol. The number of nitrogens with zero attached hydrogens (tertiary/aromatic N) is 1. The maximum atomic E-state index is 11.9. The largest absolute Gasteiger partial charge is 0.343 e. The van der Waals surface area contributed by atoms with E-state index in [9.17, 15) is 4.79 Å². The van der Waals surface area contributed by atoms with Crippen LogP contribution < -0.4 is 0 Å². The van der Waals surface area contributed by atoms with Crippen molar-refractivity contribution in [3.8, 4) is 0 Å². The number of alkyl halides is 1. The highest BCUT2D eigenvalue weighted by Crippen LogP contribution is 2.14. The number of thiophene rings is 1. The molecule has 0 aliphatic heterocycles. The number of amides is 1.